The Hall–Kier alpha value is -3.54. The third-order valence-corrected chi connectivity index (χ3v) is 6.34. The molecule has 6 heteroatoms. The highest BCUT2D eigenvalue weighted by molar-refractivity contribution is 5.93. The summed E-state index contributed by atoms with van der Waals surface area (Å²) in [5.74, 6) is -0.406. The summed E-state index contributed by atoms with van der Waals surface area (Å²) in [5.41, 5.74) is 6.08. The number of benzene rings is 2. The number of fused-ring (bicyclic) bond motifs is 2. The zero-order chi connectivity index (χ0) is 22.4. The first kappa shape index (κ1) is 20.4. The number of rotatable bonds is 3. The predicted octanol–water partition coefficient (Wildman–Crippen LogP) is 5.17. The number of carbonyl (C=O) groups excluding carboxylic acids is 1. The molecule has 0 spiro atoms. The molecule has 1 aliphatic heterocycles. The van der Waals surface area contributed by atoms with Crippen molar-refractivity contribution in [3.63, 3.8) is 0 Å². The normalized spacial score (nSPS) is 15.8. The summed E-state index contributed by atoms with van der Waals surface area (Å²) in [7, 11) is 0. The van der Waals surface area contributed by atoms with E-state index < -0.39 is 0 Å². The Bertz CT molecular complexity index is 1340. The Kier molecular flexibility index (Phi) is 5.00. The maximum Gasteiger partial charge on any atom is 0.273 e. The van der Waals surface area contributed by atoms with Crippen LogP contribution in [-0.2, 0) is 12.8 Å². The van der Waals surface area contributed by atoms with Gasteiger partial charge in [0.1, 0.15) is 11.5 Å². The molecule has 1 amide bonds. The Labute approximate surface area is 186 Å². The van der Waals surface area contributed by atoms with Gasteiger partial charge in [-0.3, -0.25) is 4.79 Å². The topological polar surface area (TPSA) is 50.5 Å². The van der Waals surface area contributed by atoms with Gasteiger partial charge in [0.25, 0.3) is 5.91 Å². The minimum atomic E-state index is -0.316. The number of amides is 1. The highest BCUT2D eigenvalue weighted by Gasteiger charge is 2.29. The molecule has 0 saturated heterocycles. The van der Waals surface area contributed by atoms with E-state index in [2.05, 4.69) is 29.1 Å². The van der Waals surface area contributed by atoms with Crippen LogP contribution in [-0.4, -0.2) is 31.9 Å². The van der Waals surface area contributed by atoms with Crippen LogP contribution >= 0.6 is 0 Å². The second-order valence-corrected chi connectivity index (χ2v) is 8.39. The zero-order valence-corrected chi connectivity index (χ0v) is 18.5. The number of aryl methyl sites for hydroxylation is 2. The highest BCUT2D eigenvalue weighted by Crippen LogP contribution is 2.31. The minimum Gasteiger partial charge on any atom is -0.330 e. The molecule has 0 aliphatic carbocycles. The van der Waals surface area contributed by atoms with E-state index in [1.165, 1.54) is 17.2 Å². The molecule has 162 valence electrons. The molecule has 0 radical (unpaired) electrons. The lowest BCUT2D eigenvalue weighted by atomic mass is 9.93. The maximum atomic E-state index is 14.5. The monoisotopic (exact) mass is 428 g/mol. The van der Waals surface area contributed by atoms with Crippen molar-refractivity contribution in [2.45, 2.75) is 39.7 Å². The molecule has 0 fully saturated rings. The SMILES string of the molecule is CCc1cc(C(=O)N2CCc3ccccc3C2C)nc2cc(-c3ccc(C)cc3F)nn12. The number of hydrogen-bond donors (Lipinski definition) is 0. The zero-order valence-electron chi connectivity index (χ0n) is 18.5. The molecular weight excluding hydrogens is 403 g/mol. The van der Waals surface area contributed by atoms with Gasteiger partial charge in [0.2, 0.25) is 0 Å². The van der Waals surface area contributed by atoms with Crippen molar-refractivity contribution in [3.8, 4) is 11.3 Å². The molecule has 3 heterocycles. The molecule has 0 N–H and O–H groups in total. The fraction of sp³-hybridized carbons (Fsp3) is 0.269. The van der Waals surface area contributed by atoms with Crippen molar-refractivity contribution < 1.29 is 9.18 Å². The summed E-state index contributed by atoms with van der Waals surface area (Å²) in [6, 6.07) is 16.9. The van der Waals surface area contributed by atoms with E-state index in [-0.39, 0.29) is 17.8 Å². The predicted molar refractivity (Wildman–Crippen MR) is 122 cm³/mol. The lowest BCUT2D eigenvalue weighted by Crippen LogP contribution is -2.39. The smallest absolute Gasteiger partial charge is 0.273 e. The van der Waals surface area contributed by atoms with Crippen molar-refractivity contribution in [1.82, 2.24) is 19.5 Å². The summed E-state index contributed by atoms with van der Waals surface area (Å²) in [6.07, 6.45) is 1.51. The van der Waals surface area contributed by atoms with E-state index in [4.69, 9.17) is 0 Å². The number of aromatic nitrogens is 3. The molecule has 1 aliphatic rings. The van der Waals surface area contributed by atoms with Gasteiger partial charge in [-0.25, -0.2) is 13.9 Å². The van der Waals surface area contributed by atoms with Gasteiger partial charge >= 0.3 is 0 Å². The van der Waals surface area contributed by atoms with Crippen LogP contribution in [0.4, 0.5) is 4.39 Å². The summed E-state index contributed by atoms with van der Waals surface area (Å²) < 4.78 is 16.2. The first-order chi connectivity index (χ1) is 15.5. The van der Waals surface area contributed by atoms with Crippen LogP contribution in [0.15, 0.2) is 54.6 Å². The number of hydrogen-bond acceptors (Lipinski definition) is 3. The lowest BCUT2D eigenvalue weighted by molar-refractivity contribution is 0.0671. The number of nitrogens with zero attached hydrogens (tertiary/aromatic N) is 4. The second-order valence-electron chi connectivity index (χ2n) is 8.39. The molecule has 1 unspecified atom stereocenters. The molecule has 0 saturated carbocycles. The Morgan fingerprint density at radius 1 is 1.16 bits per heavy atom. The molecule has 4 aromatic rings. The van der Waals surface area contributed by atoms with Crippen LogP contribution in [0.1, 0.15) is 52.8 Å². The Morgan fingerprint density at radius 2 is 1.97 bits per heavy atom. The summed E-state index contributed by atoms with van der Waals surface area (Å²) in [4.78, 5) is 20.0. The van der Waals surface area contributed by atoms with Crippen LogP contribution in [0.5, 0.6) is 0 Å². The summed E-state index contributed by atoms with van der Waals surface area (Å²) >= 11 is 0. The lowest BCUT2D eigenvalue weighted by Gasteiger charge is -2.35. The molecule has 2 aromatic heterocycles. The highest BCUT2D eigenvalue weighted by atomic mass is 19.1. The van der Waals surface area contributed by atoms with Gasteiger partial charge in [-0.2, -0.15) is 5.10 Å². The largest absolute Gasteiger partial charge is 0.330 e. The molecule has 32 heavy (non-hydrogen) atoms. The van der Waals surface area contributed by atoms with Gasteiger partial charge < -0.3 is 4.90 Å². The minimum absolute atomic E-state index is 0.0160. The molecule has 5 nitrogen and oxygen atoms in total. The van der Waals surface area contributed by atoms with Gasteiger partial charge in [0.05, 0.1) is 11.7 Å². The number of carbonyl (C=O) groups is 1. The molecule has 1 atom stereocenters. The quantitative estimate of drug-likeness (QED) is 0.453. The van der Waals surface area contributed by atoms with Crippen molar-refractivity contribution in [2.75, 3.05) is 6.54 Å². The third kappa shape index (κ3) is 3.36. The second kappa shape index (κ2) is 7.86. The van der Waals surface area contributed by atoms with Gasteiger partial charge in [-0.15, -0.1) is 0 Å². The van der Waals surface area contributed by atoms with Crippen molar-refractivity contribution in [2.24, 2.45) is 0 Å². The first-order valence-corrected chi connectivity index (χ1v) is 11.0. The molecule has 0 bridgehead atoms. The number of halogens is 1. The van der Waals surface area contributed by atoms with Gasteiger partial charge in [-0.05, 0) is 61.6 Å². The molecule has 5 rings (SSSR count). The van der Waals surface area contributed by atoms with Crippen LogP contribution < -0.4 is 0 Å². The van der Waals surface area contributed by atoms with Crippen LogP contribution in [0, 0.1) is 12.7 Å². The maximum absolute atomic E-state index is 14.5. The molecular formula is C26H25FN4O. The molecule has 2 aromatic carbocycles. The van der Waals surface area contributed by atoms with Crippen LogP contribution in [0.25, 0.3) is 16.9 Å². The Balaban J connectivity index is 1.54. The Morgan fingerprint density at radius 3 is 2.75 bits per heavy atom. The third-order valence-electron chi connectivity index (χ3n) is 6.34. The van der Waals surface area contributed by atoms with Gasteiger partial charge in [-0.1, -0.05) is 37.3 Å². The van der Waals surface area contributed by atoms with E-state index in [1.54, 1.807) is 16.6 Å². The average molecular weight is 429 g/mol. The van der Waals surface area contributed by atoms with E-state index >= 15 is 0 Å². The standard InChI is InChI=1S/C26H25FN4O/c1-4-19-14-24(26(32)30-12-11-18-7-5-6-8-20(18)17(30)3)28-25-15-23(29-31(19)25)21-10-9-16(2)13-22(21)27/h5-10,13-15,17H,4,11-12H2,1-3H3. The average Bonchev–Trinajstić information content (AvgIpc) is 3.22. The van der Waals surface area contributed by atoms with Crippen LogP contribution in [0.2, 0.25) is 0 Å². The van der Waals surface area contributed by atoms with Crippen molar-refractivity contribution in [1.29, 1.82) is 0 Å². The van der Waals surface area contributed by atoms with Crippen LogP contribution in [0.3, 0.4) is 0 Å². The van der Waals surface area contributed by atoms with Crippen molar-refractivity contribution in [3.05, 3.63) is 88.5 Å². The van der Waals surface area contributed by atoms with E-state index in [9.17, 15) is 9.18 Å². The van der Waals surface area contributed by atoms with E-state index in [1.807, 2.05) is 43.0 Å². The van der Waals surface area contributed by atoms with Gasteiger partial charge in [0.15, 0.2) is 5.65 Å². The fourth-order valence-corrected chi connectivity index (χ4v) is 4.55. The summed E-state index contributed by atoms with van der Waals surface area (Å²) in [6.45, 7) is 6.58. The van der Waals surface area contributed by atoms with Crippen molar-refractivity contribution >= 4 is 11.6 Å². The fourth-order valence-electron chi connectivity index (χ4n) is 4.55. The van der Waals surface area contributed by atoms with E-state index in [0.717, 1.165) is 17.7 Å². The van der Waals surface area contributed by atoms with Gasteiger partial charge in [0, 0.05) is 23.9 Å². The first-order valence-electron chi connectivity index (χ1n) is 11.0. The van der Waals surface area contributed by atoms with E-state index in [0.29, 0.717) is 35.6 Å². The summed E-state index contributed by atoms with van der Waals surface area (Å²) in [5, 5.41) is 4.59.